The molecule has 0 aromatic rings. The van der Waals surface area contributed by atoms with Crippen molar-refractivity contribution in [2.24, 2.45) is 23.3 Å². The molecule has 0 heterocycles. The molecule has 2 atom stereocenters. The van der Waals surface area contributed by atoms with Gasteiger partial charge in [0.05, 0.1) is 0 Å². The van der Waals surface area contributed by atoms with Crippen LogP contribution >= 0.6 is 11.8 Å². The molecule has 18 heavy (non-hydrogen) atoms. The smallest absolute Gasteiger partial charge is 0.0459 e. The molecule has 0 aliphatic heterocycles. The number of aliphatic hydroxyl groups is 1. The summed E-state index contributed by atoms with van der Waals surface area (Å²) in [6.07, 6.45) is 7.10. The summed E-state index contributed by atoms with van der Waals surface area (Å²) in [6, 6.07) is 0. The Bertz CT molecular complexity index is 170. The van der Waals surface area contributed by atoms with Crippen molar-refractivity contribution in [2.45, 2.75) is 45.4 Å². The van der Waals surface area contributed by atoms with Crippen molar-refractivity contribution in [3.8, 4) is 0 Å². The van der Waals surface area contributed by atoms with Crippen molar-refractivity contribution in [1.29, 1.82) is 0 Å². The Morgan fingerprint density at radius 1 is 1.06 bits per heavy atom. The third-order valence-corrected chi connectivity index (χ3v) is 4.44. The molecule has 0 saturated carbocycles. The van der Waals surface area contributed by atoms with Gasteiger partial charge < -0.3 is 16.6 Å². The molecule has 2 unspecified atom stereocenters. The summed E-state index contributed by atoms with van der Waals surface area (Å²) in [7, 11) is 0. The van der Waals surface area contributed by atoms with E-state index in [1.165, 1.54) is 30.8 Å². The minimum Gasteiger partial charge on any atom is -0.396 e. The first-order chi connectivity index (χ1) is 8.74. The van der Waals surface area contributed by atoms with Crippen LogP contribution in [0, 0.1) is 11.8 Å². The highest BCUT2D eigenvalue weighted by atomic mass is 32.2. The molecule has 110 valence electrons. The minimum atomic E-state index is 0.313. The fourth-order valence-electron chi connectivity index (χ4n) is 2.04. The quantitative estimate of drug-likeness (QED) is 0.451. The number of nitrogens with two attached hydrogens (primary N) is 2. The number of rotatable bonds is 13. The van der Waals surface area contributed by atoms with Gasteiger partial charge in [-0.15, -0.1) is 0 Å². The lowest BCUT2D eigenvalue weighted by Gasteiger charge is -2.17. The Labute approximate surface area is 117 Å². The molecule has 0 aromatic heterocycles. The Morgan fingerprint density at radius 2 is 1.72 bits per heavy atom. The molecule has 0 radical (unpaired) electrons. The summed E-state index contributed by atoms with van der Waals surface area (Å²) in [5.41, 5.74) is 11.1. The molecule has 0 amide bonds. The van der Waals surface area contributed by atoms with Crippen molar-refractivity contribution in [3.05, 3.63) is 0 Å². The molecule has 0 aromatic carbocycles. The maximum absolute atomic E-state index is 9.31. The number of aliphatic hydroxyl groups excluding tert-OH is 1. The highest BCUT2D eigenvalue weighted by molar-refractivity contribution is 7.99. The summed E-state index contributed by atoms with van der Waals surface area (Å²) >= 11 is 2.03. The molecule has 3 nitrogen and oxygen atoms in total. The monoisotopic (exact) mass is 276 g/mol. The Kier molecular flexibility index (Phi) is 13.8. The lowest BCUT2D eigenvalue weighted by atomic mass is 9.92. The van der Waals surface area contributed by atoms with E-state index in [2.05, 4.69) is 6.92 Å². The van der Waals surface area contributed by atoms with Gasteiger partial charge in [0.2, 0.25) is 0 Å². The van der Waals surface area contributed by atoms with Crippen molar-refractivity contribution >= 4 is 11.8 Å². The molecule has 0 aliphatic rings. The Morgan fingerprint density at radius 3 is 2.28 bits per heavy atom. The van der Waals surface area contributed by atoms with Crippen LogP contribution in [0.25, 0.3) is 0 Å². The maximum Gasteiger partial charge on any atom is 0.0459 e. The number of unbranched alkanes of at least 4 members (excludes halogenated alkanes) is 2. The zero-order chi connectivity index (χ0) is 13.6. The van der Waals surface area contributed by atoms with E-state index in [4.69, 9.17) is 11.5 Å². The number of hydrogen-bond acceptors (Lipinski definition) is 4. The predicted octanol–water partition coefficient (Wildman–Crippen LogP) is 2.22. The summed E-state index contributed by atoms with van der Waals surface area (Å²) in [5.74, 6) is 3.47. The summed E-state index contributed by atoms with van der Waals surface area (Å²) < 4.78 is 0. The van der Waals surface area contributed by atoms with Crippen LogP contribution in [0.3, 0.4) is 0 Å². The summed E-state index contributed by atoms with van der Waals surface area (Å²) in [6.45, 7) is 4.02. The Hall–Kier alpha value is 0.230. The second kappa shape index (κ2) is 13.7. The van der Waals surface area contributed by atoms with E-state index in [0.717, 1.165) is 32.4 Å². The minimum absolute atomic E-state index is 0.313. The topological polar surface area (TPSA) is 72.3 Å². The van der Waals surface area contributed by atoms with Crippen LogP contribution in [0.15, 0.2) is 0 Å². The zero-order valence-corrected chi connectivity index (χ0v) is 12.8. The molecular formula is C14H32N2OS. The maximum atomic E-state index is 9.31. The first-order valence-electron chi connectivity index (χ1n) is 7.33. The van der Waals surface area contributed by atoms with E-state index >= 15 is 0 Å². The van der Waals surface area contributed by atoms with Crippen LogP contribution in [-0.2, 0) is 0 Å². The van der Waals surface area contributed by atoms with Crippen LogP contribution < -0.4 is 11.5 Å². The van der Waals surface area contributed by atoms with Gasteiger partial charge in [0, 0.05) is 6.61 Å². The number of thioether (sulfide) groups is 1. The summed E-state index contributed by atoms with van der Waals surface area (Å²) in [4.78, 5) is 0. The molecule has 4 heteroatoms. The van der Waals surface area contributed by atoms with Gasteiger partial charge in [-0.2, -0.15) is 11.8 Å². The lowest BCUT2D eigenvalue weighted by Crippen LogP contribution is -2.17. The van der Waals surface area contributed by atoms with Gasteiger partial charge in [-0.25, -0.2) is 0 Å². The van der Waals surface area contributed by atoms with Gasteiger partial charge in [0.15, 0.2) is 0 Å². The molecular weight excluding hydrogens is 244 g/mol. The average molecular weight is 276 g/mol. The number of hydrogen-bond donors (Lipinski definition) is 3. The zero-order valence-electron chi connectivity index (χ0n) is 11.9. The first-order valence-corrected chi connectivity index (χ1v) is 8.48. The van der Waals surface area contributed by atoms with Crippen molar-refractivity contribution in [2.75, 3.05) is 31.2 Å². The van der Waals surface area contributed by atoms with E-state index in [9.17, 15) is 5.11 Å². The normalized spacial score (nSPS) is 14.7. The van der Waals surface area contributed by atoms with Crippen LogP contribution in [-0.4, -0.2) is 36.3 Å². The SMILES string of the molecule is CC(CN)CC(CO)CCCCSCCCCN. The van der Waals surface area contributed by atoms with E-state index < -0.39 is 0 Å². The molecule has 0 spiro atoms. The third-order valence-electron chi connectivity index (χ3n) is 3.29. The molecule has 0 saturated heterocycles. The fraction of sp³-hybridized carbons (Fsp3) is 1.00. The second-order valence-corrected chi connectivity index (χ2v) is 6.45. The molecule has 0 fully saturated rings. The van der Waals surface area contributed by atoms with Crippen LogP contribution in [0.4, 0.5) is 0 Å². The standard InChI is InChI=1S/C14H32N2OS/c1-13(11-16)10-14(12-17)6-2-4-8-18-9-5-3-7-15/h13-14,17H,2-12,15-16H2,1H3. The molecule has 5 N–H and O–H groups in total. The van der Waals surface area contributed by atoms with Crippen LogP contribution in [0.1, 0.15) is 45.4 Å². The van der Waals surface area contributed by atoms with E-state index in [1.807, 2.05) is 11.8 Å². The van der Waals surface area contributed by atoms with Gasteiger partial charge in [-0.3, -0.25) is 0 Å². The lowest BCUT2D eigenvalue weighted by molar-refractivity contribution is 0.194. The van der Waals surface area contributed by atoms with Crippen molar-refractivity contribution in [3.63, 3.8) is 0 Å². The summed E-state index contributed by atoms with van der Waals surface area (Å²) in [5, 5.41) is 9.31. The first kappa shape index (κ1) is 18.2. The van der Waals surface area contributed by atoms with Crippen LogP contribution in [0.2, 0.25) is 0 Å². The van der Waals surface area contributed by atoms with Gasteiger partial charge in [0.25, 0.3) is 0 Å². The van der Waals surface area contributed by atoms with E-state index in [1.54, 1.807) is 0 Å². The van der Waals surface area contributed by atoms with E-state index in [-0.39, 0.29) is 0 Å². The fourth-order valence-corrected chi connectivity index (χ4v) is 3.06. The van der Waals surface area contributed by atoms with Gasteiger partial charge in [-0.05, 0) is 68.5 Å². The average Bonchev–Trinajstić information content (AvgIpc) is 2.40. The second-order valence-electron chi connectivity index (χ2n) is 5.23. The van der Waals surface area contributed by atoms with Crippen molar-refractivity contribution < 1.29 is 5.11 Å². The highest BCUT2D eigenvalue weighted by Gasteiger charge is 2.11. The molecule has 0 rings (SSSR count). The predicted molar refractivity (Wildman–Crippen MR) is 82.9 cm³/mol. The van der Waals surface area contributed by atoms with Gasteiger partial charge in [-0.1, -0.05) is 13.3 Å². The van der Waals surface area contributed by atoms with Crippen LogP contribution in [0.5, 0.6) is 0 Å². The third kappa shape index (κ3) is 11.3. The van der Waals surface area contributed by atoms with Gasteiger partial charge >= 0.3 is 0 Å². The largest absolute Gasteiger partial charge is 0.396 e. The van der Waals surface area contributed by atoms with E-state index in [0.29, 0.717) is 18.4 Å². The highest BCUT2D eigenvalue weighted by Crippen LogP contribution is 2.18. The molecule has 0 bridgehead atoms. The van der Waals surface area contributed by atoms with Crippen molar-refractivity contribution in [1.82, 2.24) is 0 Å². The van der Waals surface area contributed by atoms with Gasteiger partial charge in [0.1, 0.15) is 0 Å². The Balaban J connectivity index is 3.34. The molecule has 0 aliphatic carbocycles.